The molecule has 0 fully saturated rings. The first-order valence-corrected chi connectivity index (χ1v) is 5.06. The molecule has 0 heterocycles. The zero-order chi connectivity index (χ0) is 11.9. The first-order chi connectivity index (χ1) is 6.87. The van der Waals surface area contributed by atoms with Crippen molar-refractivity contribution >= 4 is 11.9 Å². The lowest BCUT2D eigenvalue weighted by atomic mass is 9.85. The first kappa shape index (κ1) is 13.9. The van der Waals surface area contributed by atoms with Gasteiger partial charge in [0.15, 0.2) is 0 Å². The van der Waals surface area contributed by atoms with Gasteiger partial charge in [-0.15, -0.1) is 0 Å². The van der Waals surface area contributed by atoms with Crippen LogP contribution in [-0.4, -0.2) is 30.1 Å². The van der Waals surface area contributed by atoms with E-state index in [4.69, 9.17) is 10.8 Å². The molecule has 88 valence electrons. The number of nitrogens with one attached hydrogen (secondary N) is 1. The molecule has 5 nitrogen and oxygen atoms in total. The zero-order valence-electron chi connectivity index (χ0n) is 9.38. The van der Waals surface area contributed by atoms with E-state index < -0.39 is 11.4 Å². The highest BCUT2D eigenvalue weighted by atomic mass is 16.4. The molecule has 0 bridgehead atoms. The Morgan fingerprint density at radius 3 is 2.40 bits per heavy atom. The molecule has 15 heavy (non-hydrogen) atoms. The summed E-state index contributed by atoms with van der Waals surface area (Å²) in [6.45, 7) is 4.63. The van der Waals surface area contributed by atoms with Crippen LogP contribution in [0, 0.1) is 5.41 Å². The van der Waals surface area contributed by atoms with Crippen LogP contribution in [0.25, 0.3) is 0 Å². The molecule has 0 aliphatic carbocycles. The summed E-state index contributed by atoms with van der Waals surface area (Å²) in [6.07, 6.45) is 0.965. The third kappa shape index (κ3) is 7.93. The van der Waals surface area contributed by atoms with Crippen molar-refractivity contribution in [1.29, 1.82) is 0 Å². The van der Waals surface area contributed by atoms with E-state index in [-0.39, 0.29) is 18.7 Å². The zero-order valence-corrected chi connectivity index (χ0v) is 9.38. The summed E-state index contributed by atoms with van der Waals surface area (Å²) >= 11 is 0. The van der Waals surface area contributed by atoms with Crippen LogP contribution in [0.15, 0.2) is 0 Å². The number of amides is 1. The Balaban J connectivity index is 3.88. The average molecular weight is 216 g/mol. The summed E-state index contributed by atoms with van der Waals surface area (Å²) < 4.78 is 0. The Labute approximate surface area is 90.0 Å². The lowest BCUT2D eigenvalue weighted by Crippen LogP contribution is -2.31. The van der Waals surface area contributed by atoms with Gasteiger partial charge >= 0.3 is 5.97 Å². The van der Waals surface area contributed by atoms with Crippen LogP contribution in [0.2, 0.25) is 0 Å². The molecule has 0 saturated heterocycles. The number of carbonyl (C=O) groups excluding carboxylic acids is 1. The number of hydrogen-bond acceptors (Lipinski definition) is 3. The fourth-order valence-corrected chi connectivity index (χ4v) is 1.30. The minimum absolute atomic E-state index is 0.00267. The number of rotatable bonds is 7. The predicted molar refractivity (Wildman–Crippen MR) is 57.3 cm³/mol. The summed E-state index contributed by atoms with van der Waals surface area (Å²) in [7, 11) is 0. The van der Waals surface area contributed by atoms with Crippen molar-refractivity contribution < 1.29 is 14.7 Å². The predicted octanol–water partition coefficient (Wildman–Crippen LogP) is 0.342. The van der Waals surface area contributed by atoms with E-state index in [2.05, 4.69) is 5.32 Å². The quantitative estimate of drug-likeness (QED) is 0.535. The van der Waals surface area contributed by atoms with Crippen LogP contribution in [0.4, 0.5) is 0 Å². The molecule has 0 aliphatic rings. The summed E-state index contributed by atoms with van der Waals surface area (Å²) in [6, 6.07) is 0. The molecular formula is C10H20N2O3. The van der Waals surface area contributed by atoms with E-state index in [1.807, 2.05) is 0 Å². The van der Waals surface area contributed by atoms with Crippen molar-refractivity contribution in [3.8, 4) is 0 Å². The second-order valence-corrected chi connectivity index (χ2v) is 4.40. The Morgan fingerprint density at radius 1 is 1.33 bits per heavy atom. The summed E-state index contributed by atoms with van der Waals surface area (Å²) in [5.41, 5.74) is 4.78. The Morgan fingerprint density at radius 2 is 1.93 bits per heavy atom. The monoisotopic (exact) mass is 216 g/mol. The van der Waals surface area contributed by atoms with Crippen LogP contribution in [-0.2, 0) is 9.59 Å². The second kappa shape index (κ2) is 6.40. The van der Waals surface area contributed by atoms with Crippen LogP contribution < -0.4 is 11.1 Å². The van der Waals surface area contributed by atoms with Crippen molar-refractivity contribution in [2.24, 2.45) is 11.1 Å². The number of carboxylic acids is 1. The molecule has 1 amide bonds. The third-order valence-electron chi connectivity index (χ3n) is 1.97. The topological polar surface area (TPSA) is 92.4 Å². The molecular weight excluding hydrogens is 196 g/mol. The molecule has 4 N–H and O–H groups in total. The molecule has 0 aliphatic heterocycles. The minimum atomic E-state index is -0.880. The van der Waals surface area contributed by atoms with E-state index in [9.17, 15) is 9.59 Å². The van der Waals surface area contributed by atoms with Gasteiger partial charge < -0.3 is 16.2 Å². The largest absolute Gasteiger partial charge is 0.481 e. The normalized spacial score (nSPS) is 11.1. The van der Waals surface area contributed by atoms with Crippen molar-refractivity contribution in [2.75, 3.05) is 13.1 Å². The van der Waals surface area contributed by atoms with Crippen LogP contribution in [0.1, 0.15) is 33.1 Å². The molecule has 0 saturated carbocycles. The molecule has 0 spiro atoms. The smallest absolute Gasteiger partial charge is 0.303 e. The maximum absolute atomic E-state index is 11.4. The second-order valence-electron chi connectivity index (χ2n) is 4.40. The highest BCUT2D eigenvalue weighted by Gasteiger charge is 2.24. The van der Waals surface area contributed by atoms with Gasteiger partial charge in [0.05, 0.1) is 6.42 Å². The van der Waals surface area contributed by atoms with Crippen molar-refractivity contribution in [3.63, 3.8) is 0 Å². The van der Waals surface area contributed by atoms with Gasteiger partial charge in [0.25, 0.3) is 0 Å². The molecule has 0 radical (unpaired) electrons. The number of hydrogen-bond donors (Lipinski definition) is 3. The van der Waals surface area contributed by atoms with Gasteiger partial charge in [-0.2, -0.15) is 0 Å². The van der Waals surface area contributed by atoms with Crippen LogP contribution >= 0.6 is 0 Å². The molecule has 0 aromatic rings. The highest BCUT2D eigenvalue weighted by Crippen LogP contribution is 2.24. The lowest BCUT2D eigenvalue weighted by Gasteiger charge is -2.21. The molecule has 0 aromatic heterocycles. The molecule has 0 atom stereocenters. The van der Waals surface area contributed by atoms with E-state index in [0.717, 1.165) is 6.42 Å². The Hall–Kier alpha value is -1.10. The maximum atomic E-state index is 11.4. The van der Waals surface area contributed by atoms with E-state index in [0.29, 0.717) is 13.1 Å². The molecule has 0 unspecified atom stereocenters. The van der Waals surface area contributed by atoms with Gasteiger partial charge in [0, 0.05) is 13.0 Å². The maximum Gasteiger partial charge on any atom is 0.303 e. The van der Waals surface area contributed by atoms with Crippen LogP contribution in [0.3, 0.4) is 0 Å². The van der Waals surface area contributed by atoms with E-state index >= 15 is 0 Å². The van der Waals surface area contributed by atoms with Gasteiger partial charge in [-0.25, -0.2) is 0 Å². The Bertz CT molecular complexity index is 227. The fourth-order valence-electron chi connectivity index (χ4n) is 1.30. The number of carboxylic acid groups (broad SMARTS) is 1. The van der Waals surface area contributed by atoms with Crippen molar-refractivity contribution in [2.45, 2.75) is 33.1 Å². The van der Waals surface area contributed by atoms with Crippen LogP contribution in [0.5, 0.6) is 0 Å². The van der Waals surface area contributed by atoms with E-state index in [1.165, 1.54) is 0 Å². The number of aliphatic carboxylic acids is 1. The number of carbonyl (C=O) groups is 2. The Kier molecular flexibility index (Phi) is 5.93. The first-order valence-electron chi connectivity index (χ1n) is 5.06. The van der Waals surface area contributed by atoms with Crippen molar-refractivity contribution in [3.05, 3.63) is 0 Å². The third-order valence-corrected chi connectivity index (χ3v) is 1.97. The molecule has 0 rings (SSSR count). The van der Waals surface area contributed by atoms with Crippen molar-refractivity contribution in [1.82, 2.24) is 5.32 Å². The van der Waals surface area contributed by atoms with Gasteiger partial charge in [-0.3, -0.25) is 9.59 Å². The van der Waals surface area contributed by atoms with Gasteiger partial charge in [0.2, 0.25) is 5.91 Å². The van der Waals surface area contributed by atoms with Gasteiger partial charge in [-0.05, 0) is 18.4 Å². The standard InChI is InChI=1S/C10H20N2O3/c1-10(2,7-9(14)15)6-8(13)12-5-3-4-11/h3-7,11H2,1-2H3,(H,12,13)(H,14,15). The SMILES string of the molecule is CC(C)(CC(=O)O)CC(=O)NCCCN. The lowest BCUT2D eigenvalue weighted by molar-refractivity contribution is -0.139. The molecule has 0 aromatic carbocycles. The fraction of sp³-hybridized carbons (Fsp3) is 0.800. The minimum Gasteiger partial charge on any atom is -0.481 e. The highest BCUT2D eigenvalue weighted by molar-refractivity contribution is 5.77. The van der Waals surface area contributed by atoms with Gasteiger partial charge in [-0.1, -0.05) is 13.8 Å². The summed E-state index contributed by atoms with van der Waals surface area (Å²) in [4.78, 5) is 21.9. The average Bonchev–Trinajstić information content (AvgIpc) is 2.00. The number of nitrogens with two attached hydrogens (primary N) is 1. The van der Waals surface area contributed by atoms with E-state index in [1.54, 1.807) is 13.8 Å². The summed E-state index contributed by atoms with van der Waals surface area (Å²) in [5, 5.41) is 11.3. The van der Waals surface area contributed by atoms with Gasteiger partial charge in [0.1, 0.15) is 0 Å². The molecule has 5 heteroatoms. The summed E-state index contributed by atoms with van der Waals surface area (Å²) in [5.74, 6) is -0.996.